The lowest BCUT2D eigenvalue weighted by molar-refractivity contribution is -0.116. The first-order valence-corrected chi connectivity index (χ1v) is 9.63. The Kier molecular flexibility index (Phi) is 6.67. The van der Waals surface area contributed by atoms with Crippen molar-refractivity contribution in [3.8, 4) is 17.0 Å². The minimum atomic E-state index is -0.201. The first kappa shape index (κ1) is 20.6. The van der Waals surface area contributed by atoms with Crippen LogP contribution in [0.4, 0.5) is 5.69 Å². The monoisotopic (exact) mass is 411 g/mol. The summed E-state index contributed by atoms with van der Waals surface area (Å²) < 4.78 is 6.55. The van der Waals surface area contributed by atoms with Crippen LogP contribution in [-0.2, 0) is 11.3 Å². The first-order valence-electron chi connectivity index (χ1n) is 9.25. The van der Waals surface area contributed by atoms with Crippen LogP contribution in [0.5, 0.6) is 5.75 Å². The standard InChI is InChI=1S/C22H22ClN3O3/c1-15-18(23)5-3-6-19(15)24-21(27)7-4-14-26-22(28)13-12-20(25-26)16-8-10-17(29-2)11-9-16/h3,5-6,8-13H,4,7,14H2,1-2H3,(H,24,27). The van der Waals surface area contributed by atoms with Crippen molar-refractivity contribution in [2.45, 2.75) is 26.3 Å². The van der Waals surface area contributed by atoms with Gasteiger partial charge in [-0.1, -0.05) is 17.7 Å². The number of nitrogens with zero attached hydrogens (tertiary/aromatic N) is 2. The molecule has 0 aliphatic carbocycles. The highest BCUT2D eigenvalue weighted by Gasteiger charge is 2.08. The van der Waals surface area contributed by atoms with Crippen molar-refractivity contribution in [2.75, 3.05) is 12.4 Å². The lowest BCUT2D eigenvalue weighted by atomic mass is 10.1. The van der Waals surface area contributed by atoms with Gasteiger partial charge in [0.05, 0.1) is 12.8 Å². The molecule has 150 valence electrons. The number of carbonyl (C=O) groups is 1. The molecule has 6 nitrogen and oxygen atoms in total. The summed E-state index contributed by atoms with van der Waals surface area (Å²) in [5.74, 6) is 0.623. The third-order valence-electron chi connectivity index (χ3n) is 4.57. The normalized spacial score (nSPS) is 10.6. The zero-order valence-corrected chi connectivity index (χ0v) is 17.1. The lowest BCUT2D eigenvalue weighted by Gasteiger charge is -2.10. The second-order valence-corrected chi connectivity index (χ2v) is 6.98. The molecular weight excluding hydrogens is 390 g/mol. The minimum absolute atomic E-state index is 0.130. The number of nitrogens with one attached hydrogen (secondary N) is 1. The van der Waals surface area contributed by atoms with Gasteiger partial charge in [0.15, 0.2) is 0 Å². The Morgan fingerprint density at radius 1 is 1.14 bits per heavy atom. The van der Waals surface area contributed by atoms with Crippen molar-refractivity contribution in [1.29, 1.82) is 0 Å². The molecule has 0 unspecified atom stereocenters. The van der Waals surface area contributed by atoms with E-state index in [1.807, 2.05) is 37.3 Å². The van der Waals surface area contributed by atoms with Crippen molar-refractivity contribution in [3.05, 3.63) is 75.5 Å². The Balaban J connectivity index is 1.62. The van der Waals surface area contributed by atoms with Crippen LogP contribution < -0.4 is 15.6 Å². The number of anilines is 1. The largest absolute Gasteiger partial charge is 0.497 e. The number of rotatable bonds is 7. The molecule has 3 rings (SSSR count). The van der Waals surface area contributed by atoms with Crippen molar-refractivity contribution < 1.29 is 9.53 Å². The smallest absolute Gasteiger partial charge is 0.266 e. The summed E-state index contributed by atoms with van der Waals surface area (Å²) in [6, 6.07) is 16.0. The van der Waals surface area contributed by atoms with E-state index in [-0.39, 0.29) is 17.9 Å². The van der Waals surface area contributed by atoms with Crippen molar-refractivity contribution in [3.63, 3.8) is 0 Å². The third-order valence-corrected chi connectivity index (χ3v) is 4.98. The summed E-state index contributed by atoms with van der Waals surface area (Å²) in [4.78, 5) is 24.3. The Morgan fingerprint density at radius 2 is 1.90 bits per heavy atom. The molecule has 1 N–H and O–H groups in total. The fourth-order valence-electron chi connectivity index (χ4n) is 2.87. The number of benzene rings is 2. The maximum absolute atomic E-state index is 12.2. The average molecular weight is 412 g/mol. The molecule has 0 spiro atoms. The van der Waals surface area contributed by atoms with Crippen LogP contribution in [0.3, 0.4) is 0 Å². The Hall–Kier alpha value is -3.12. The van der Waals surface area contributed by atoms with Gasteiger partial charge in [-0.25, -0.2) is 4.68 Å². The number of hydrogen-bond acceptors (Lipinski definition) is 4. The highest BCUT2D eigenvalue weighted by molar-refractivity contribution is 6.31. The number of aryl methyl sites for hydroxylation is 1. The summed E-state index contributed by atoms with van der Waals surface area (Å²) in [7, 11) is 1.61. The number of amides is 1. The van der Waals surface area contributed by atoms with Gasteiger partial charge in [0.1, 0.15) is 5.75 Å². The van der Waals surface area contributed by atoms with Crippen molar-refractivity contribution in [2.24, 2.45) is 0 Å². The SMILES string of the molecule is COc1ccc(-c2ccc(=O)n(CCCC(=O)Nc3cccc(Cl)c3C)n2)cc1. The Labute approximate surface area is 174 Å². The van der Waals surface area contributed by atoms with Crippen LogP contribution in [0, 0.1) is 6.92 Å². The molecule has 0 bridgehead atoms. The van der Waals surface area contributed by atoms with Crippen LogP contribution in [0.1, 0.15) is 18.4 Å². The second-order valence-electron chi connectivity index (χ2n) is 6.57. The summed E-state index contributed by atoms with van der Waals surface area (Å²) in [6.07, 6.45) is 0.761. The number of methoxy groups -OCH3 is 1. The molecule has 0 saturated carbocycles. The summed E-state index contributed by atoms with van der Waals surface area (Å²) in [6.45, 7) is 2.21. The van der Waals surface area contributed by atoms with E-state index in [1.165, 1.54) is 10.7 Å². The molecule has 1 amide bonds. The molecule has 0 aliphatic rings. The molecular formula is C22H22ClN3O3. The first-order chi connectivity index (χ1) is 14.0. The van der Waals surface area contributed by atoms with E-state index in [0.717, 1.165) is 16.9 Å². The van der Waals surface area contributed by atoms with Gasteiger partial charge < -0.3 is 10.1 Å². The quantitative estimate of drug-likeness (QED) is 0.629. The van der Waals surface area contributed by atoms with Crippen LogP contribution in [0.25, 0.3) is 11.3 Å². The fourth-order valence-corrected chi connectivity index (χ4v) is 3.04. The van der Waals surface area contributed by atoms with Crippen molar-refractivity contribution >= 4 is 23.2 Å². The summed E-state index contributed by atoms with van der Waals surface area (Å²) >= 11 is 6.08. The number of hydrogen-bond donors (Lipinski definition) is 1. The minimum Gasteiger partial charge on any atom is -0.497 e. The number of ether oxygens (including phenoxy) is 1. The average Bonchev–Trinajstić information content (AvgIpc) is 2.73. The zero-order chi connectivity index (χ0) is 20.8. The second kappa shape index (κ2) is 9.39. The predicted molar refractivity (Wildman–Crippen MR) is 115 cm³/mol. The zero-order valence-electron chi connectivity index (χ0n) is 16.3. The molecule has 3 aromatic rings. The Morgan fingerprint density at radius 3 is 2.62 bits per heavy atom. The topological polar surface area (TPSA) is 73.2 Å². The van der Waals surface area contributed by atoms with Crippen LogP contribution in [0.15, 0.2) is 59.4 Å². The van der Waals surface area contributed by atoms with E-state index in [4.69, 9.17) is 16.3 Å². The molecule has 7 heteroatoms. The maximum atomic E-state index is 12.2. The maximum Gasteiger partial charge on any atom is 0.266 e. The van der Waals surface area contributed by atoms with E-state index in [0.29, 0.717) is 29.4 Å². The van der Waals surface area contributed by atoms with Gasteiger partial charge in [-0.05, 0) is 61.4 Å². The highest BCUT2D eigenvalue weighted by atomic mass is 35.5. The predicted octanol–water partition coefficient (Wildman–Crippen LogP) is 4.30. The fraction of sp³-hybridized carbons (Fsp3) is 0.227. The molecule has 2 aromatic carbocycles. The van der Waals surface area contributed by atoms with Crippen LogP contribution in [0.2, 0.25) is 5.02 Å². The van der Waals surface area contributed by atoms with E-state index >= 15 is 0 Å². The third kappa shape index (κ3) is 5.23. The van der Waals surface area contributed by atoms with E-state index in [1.54, 1.807) is 25.3 Å². The Bertz CT molecular complexity index is 1060. The summed E-state index contributed by atoms with van der Waals surface area (Å²) in [5.41, 5.74) is 2.89. The molecule has 29 heavy (non-hydrogen) atoms. The number of halogens is 1. The molecule has 1 aromatic heterocycles. The van der Waals surface area contributed by atoms with E-state index < -0.39 is 0 Å². The molecule has 0 aliphatic heterocycles. The van der Waals surface area contributed by atoms with Gasteiger partial charge in [-0.3, -0.25) is 9.59 Å². The van der Waals surface area contributed by atoms with Gasteiger partial charge in [0.25, 0.3) is 5.56 Å². The van der Waals surface area contributed by atoms with E-state index in [2.05, 4.69) is 10.4 Å². The highest BCUT2D eigenvalue weighted by Crippen LogP contribution is 2.23. The van der Waals surface area contributed by atoms with Gasteiger partial charge in [-0.2, -0.15) is 5.10 Å². The van der Waals surface area contributed by atoms with Gasteiger partial charge >= 0.3 is 0 Å². The van der Waals surface area contributed by atoms with Crippen LogP contribution in [-0.4, -0.2) is 22.8 Å². The van der Waals surface area contributed by atoms with Crippen molar-refractivity contribution in [1.82, 2.24) is 9.78 Å². The number of carbonyl (C=O) groups excluding carboxylic acids is 1. The van der Waals surface area contributed by atoms with Crippen LogP contribution >= 0.6 is 11.6 Å². The molecule has 0 saturated heterocycles. The molecule has 0 radical (unpaired) electrons. The lowest BCUT2D eigenvalue weighted by Crippen LogP contribution is -2.23. The van der Waals surface area contributed by atoms with Gasteiger partial charge in [0, 0.05) is 35.3 Å². The van der Waals surface area contributed by atoms with Gasteiger partial charge in [0.2, 0.25) is 5.91 Å². The van der Waals surface area contributed by atoms with Gasteiger partial charge in [-0.15, -0.1) is 0 Å². The molecule has 1 heterocycles. The summed E-state index contributed by atoms with van der Waals surface area (Å²) in [5, 5.41) is 7.88. The molecule has 0 fully saturated rings. The molecule has 0 atom stereocenters. The van der Waals surface area contributed by atoms with E-state index in [9.17, 15) is 9.59 Å². The number of aromatic nitrogens is 2.